The van der Waals surface area contributed by atoms with Gasteiger partial charge >= 0.3 is 5.97 Å². The van der Waals surface area contributed by atoms with Crippen molar-refractivity contribution >= 4 is 17.7 Å². The number of carboxylic acid groups (broad SMARTS) is 1. The summed E-state index contributed by atoms with van der Waals surface area (Å²) in [6.07, 6.45) is 7.26. The van der Waals surface area contributed by atoms with E-state index < -0.39 is 5.97 Å². The number of rotatable bonds is 6. The molecule has 0 amide bonds. The maximum Gasteiger partial charge on any atom is 0.341 e. The van der Waals surface area contributed by atoms with Crippen molar-refractivity contribution in [3.8, 4) is 18.1 Å². The molecule has 4 heteroatoms. The zero-order valence-corrected chi connectivity index (χ0v) is 11.8. The molecule has 0 saturated carbocycles. The Balaban J connectivity index is 2.62. The molecule has 0 aliphatic carbocycles. The molecule has 1 aromatic carbocycles. The number of allylic oxidation sites excluding steroid dienone is 1. The first-order valence-electron chi connectivity index (χ1n) is 5.74. The summed E-state index contributed by atoms with van der Waals surface area (Å²) in [5.74, 6) is 3.00. The Morgan fingerprint density at radius 2 is 2.32 bits per heavy atom. The van der Waals surface area contributed by atoms with Crippen LogP contribution in [0.1, 0.15) is 12.5 Å². The van der Waals surface area contributed by atoms with Crippen LogP contribution < -0.4 is 4.74 Å². The van der Waals surface area contributed by atoms with E-state index in [9.17, 15) is 4.79 Å². The average Bonchev–Trinajstić information content (AvgIpc) is 2.37. The lowest BCUT2D eigenvalue weighted by Gasteiger charge is -2.08. The van der Waals surface area contributed by atoms with E-state index in [-0.39, 0.29) is 6.61 Å². The van der Waals surface area contributed by atoms with Gasteiger partial charge in [0.15, 0.2) is 6.61 Å². The van der Waals surface area contributed by atoms with Crippen LogP contribution in [0.4, 0.5) is 0 Å². The van der Waals surface area contributed by atoms with Crippen molar-refractivity contribution in [1.82, 2.24) is 0 Å². The van der Waals surface area contributed by atoms with Crippen LogP contribution in [0.3, 0.4) is 0 Å². The summed E-state index contributed by atoms with van der Waals surface area (Å²) in [5, 5.41) is 8.56. The van der Waals surface area contributed by atoms with Gasteiger partial charge in [-0.2, -0.15) is 0 Å². The monoisotopic (exact) mass is 276 g/mol. The highest BCUT2D eigenvalue weighted by Gasteiger charge is 2.04. The van der Waals surface area contributed by atoms with Crippen LogP contribution in [-0.4, -0.2) is 23.4 Å². The van der Waals surface area contributed by atoms with Gasteiger partial charge in [-0.3, -0.25) is 0 Å². The number of ether oxygens (including phenoxy) is 1. The topological polar surface area (TPSA) is 46.5 Å². The molecule has 19 heavy (non-hydrogen) atoms. The number of aliphatic carboxylic acids is 1. The number of hydrogen-bond donors (Lipinski definition) is 1. The molecule has 1 rings (SSSR count). The molecule has 0 saturated heterocycles. The number of thioether (sulfide) groups is 1. The Hall–Kier alpha value is -1.86. The first kappa shape index (κ1) is 15.2. The molecule has 0 aliphatic heterocycles. The Morgan fingerprint density at radius 1 is 1.58 bits per heavy atom. The smallest absolute Gasteiger partial charge is 0.341 e. The fraction of sp³-hybridized carbons (Fsp3) is 0.267. The van der Waals surface area contributed by atoms with Crippen LogP contribution in [0.15, 0.2) is 34.7 Å². The summed E-state index contributed by atoms with van der Waals surface area (Å²) in [6, 6.07) is 5.67. The van der Waals surface area contributed by atoms with E-state index in [4.69, 9.17) is 16.3 Å². The molecule has 0 aromatic heterocycles. The van der Waals surface area contributed by atoms with Gasteiger partial charge < -0.3 is 9.84 Å². The molecule has 0 fully saturated rings. The normalized spacial score (nSPS) is 10.9. The van der Waals surface area contributed by atoms with E-state index in [1.54, 1.807) is 17.8 Å². The van der Waals surface area contributed by atoms with Gasteiger partial charge in [0.1, 0.15) is 5.75 Å². The van der Waals surface area contributed by atoms with Gasteiger partial charge in [0.2, 0.25) is 0 Å². The molecule has 100 valence electrons. The van der Waals surface area contributed by atoms with E-state index in [1.807, 2.05) is 32.1 Å². The maximum absolute atomic E-state index is 10.4. The molecule has 1 aromatic rings. The third-order valence-electron chi connectivity index (χ3n) is 2.36. The third kappa shape index (κ3) is 5.54. The standard InChI is InChI=1S/C15H16O3S/c1-4-11(2)7-8-19-13-5-6-14(12(3)9-13)18-10-15(16)17/h1,5-7,9H,8,10H2,2-3H3,(H,16,17). The number of aryl methyl sites for hydroxylation is 1. The minimum absolute atomic E-state index is 0.322. The van der Waals surface area contributed by atoms with Crippen LogP contribution in [-0.2, 0) is 4.79 Å². The van der Waals surface area contributed by atoms with Crippen molar-refractivity contribution in [2.75, 3.05) is 12.4 Å². The van der Waals surface area contributed by atoms with Crippen molar-refractivity contribution in [3.63, 3.8) is 0 Å². The van der Waals surface area contributed by atoms with Gasteiger partial charge in [-0.15, -0.1) is 18.2 Å². The van der Waals surface area contributed by atoms with Crippen molar-refractivity contribution in [3.05, 3.63) is 35.4 Å². The zero-order valence-electron chi connectivity index (χ0n) is 11.0. The number of carbonyl (C=O) groups is 1. The summed E-state index contributed by atoms with van der Waals surface area (Å²) in [6.45, 7) is 3.47. The SMILES string of the molecule is C#CC(C)=CCSc1ccc(OCC(=O)O)c(C)c1. The quantitative estimate of drug-likeness (QED) is 0.640. The lowest BCUT2D eigenvalue weighted by Crippen LogP contribution is -2.09. The first-order valence-corrected chi connectivity index (χ1v) is 6.73. The third-order valence-corrected chi connectivity index (χ3v) is 3.29. The summed E-state index contributed by atoms with van der Waals surface area (Å²) >= 11 is 1.67. The molecule has 0 unspecified atom stereocenters. The van der Waals surface area contributed by atoms with E-state index >= 15 is 0 Å². The fourth-order valence-electron chi connectivity index (χ4n) is 1.33. The molecule has 0 aliphatic rings. The van der Waals surface area contributed by atoms with Crippen LogP contribution in [0, 0.1) is 19.3 Å². The average molecular weight is 276 g/mol. The summed E-state index contributed by atoms with van der Waals surface area (Å²) in [4.78, 5) is 11.5. The second kappa shape index (κ2) is 7.55. The molecule has 0 atom stereocenters. The predicted molar refractivity (Wildman–Crippen MR) is 77.6 cm³/mol. The van der Waals surface area contributed by atoms with Gasteiger partial charge in [-0.05, 0) is 43.2 Å². The minimum Gasteiger partial charge on any atom is -0.482 e. The molecular weight excluding hydrogens is 260 g/mol. The molecule has 0 spiro atoms. The Morgan fingerprint density at radius 3 is 2.89 bits per heavy atom. The largest absolute Gasteiger partial charge is 0.482 e. The highest BCUT2D eigenvalue weighted by atomic mass is 32.2. The first-order chi connectivity index (χ1) is 9.02. The predicted octanol–water partition coefficient (Wildman–Crippen LogP) is 3.13. The maximum atomic E-state index is 10.4. The zero-order chi connectivity index (χ0) is 14.3. The number of hydrogen-bond acceptors (Lipinski definition) is 3. The number of terminal acetylenes is 1. The van der Waals surface area contributed by atoms with Gasteiger partial charge in [-0.25, -0.2) is 4.79 Å². The van der Waals surface area contributed by atoms with Crippen LogP contribution in [0.2, 0.25) is 0 Å². The van der Waals surface area contributed by atoms with Crippen LogP contribution >= 0.6 is 11.8 Å². The van der Waals surface area contributed by atoms with Gasteiger partial charge in [0.25, 0.3) is 0 Å². The van der Waals surface area contributed by atoms with Crippen molar-refractivity contribution in [2.45, 2.75) is 18.7 Å². The highest BCUT2D eigenvalue weighted by Crippen LogP contribution is 2.25. The summed E-state index contributed by atoms with van der Waals surface area (Å²) in [5.41, 5.74) is 1.84. The van der Waals surface area contributed by atoms with E-state index in [0.717, 1.165) is 21.8 Å². The molecule has 0 heterocycles. The molecule has 0 bridgehead atoms. The Kier molecular flexibility index (Phi) is 6.04. The Bertz CT molecular complexity index is 527. The van der Waals surface area contributed by atoms with Crippen molar-refractivity contribution < 1.29 is 14.6 Å². The number of benzene rings is 1. The van der Waals surface area contributed by atoms with E-state index in [1.165, 1.54) is 0 Å². The van der Waals surface area contributed by atoms with Crippen LogP contribution in [0.25, 0.3) is 0 Å². The number of carboxylic acids is 1. The van der Waals surface area contributed by atoms with Crippen LogP contribution in [0.5, 0.6) is 5.75 Å². The van der Waals surface area contributed by atoms with E-state index in [2.05, 4.69) is 5.92 Å². The van der Waals surface area contributed by atoms with E-state index in [0.29, 0.717) is 5.75 Å². The second-order valence-electron chi connectivity index (χ2n) is 3.95. The molecule has 1 N–H and O–H groups in total. The van der Waals surface area contributed by atoms with Crippen molar-refractivity contribution in [1.29, 1.82) is 0 Å². The van der Waals surface area contributed by atoms with Crippen molar-refractivity contribution in [2.24, 2.45) is 0 Å². The highest BCUT2D eigenvalue weighted by molar-refractivity contribution is 7.99. The molecule has 0 radical (unpaired) electrons. The summed E-state index contributed by atoms with van der Waals surface area (Å²) < 4.78 is 5.17. The van der Waals surface area contributed by atoms with Gasteiger partial charge in [0.05, 0.1) is 0 Å². The lowest BCUT2D eigenvalue weighted by atomic mass is 10.2. The van der Waals surface area contributed by atoms with Gasteiger partial charge in [0, 0.05) is 10.6 Å². The lowest BCUT2D eigenvalue weighted by molar-refractivity contribution is -0.139. The van der Waals surface area contributed by atoms with Gasteiger partial charge in [-0.1, -0.05) is 12.0 Å². The second-order valence-corrected chi connectivity index (χ2v) is 5.05. The fourth-order valence-corrected chi connectivity index (χ4v) is 2.29. The molecular formula is C15H16O3S. The Labute approximate surface area is 117 Å². The minimum atomic E-state index is -0.979. The summed E-state index contributed by atoms with van der Waals surface area (Å²) in [7, 11) is 0. The molecule has 3 nitrogen and oxygen atoms in total.